The lowest BCUT2D eigenvalue weighted by atomic mass is 10.1. The molecular formula is C21H22N2O4S. The van der Waals surface area contributed by atoms with Gasteiger partial charge in [0.15, 0.2) is 5.17 Å². The van der Waals surface area contributed by atoms with E-state index in [0.29, 0.717) is 22.4 Å². The van der Waals surface area contributed by atoms with Gasteiger partial charge in [0.05, 0.1) is 27.0 Å². The smallest absolute Gasteiger partial charge is 0.283 e. The minimum atomic E-state index is -0.181. The van der Waals surface area contributed by atoms with Crippen LogP contribution in [-0.4, -0.2) is 38.2 Å². The van der Waals surface area contributed by atoms with Crippen molar-refractivity contribution in [2.45, 2.75) is 6.92 Å². The molecule has 1 heterocycles. The lowest BCUT2D eigenvalue weighted by Crippen LogP contribution is -2.30. The number of carbonyl (C=O) groups is 1. The molecule has 0 spiro atoms. The highest BCUT2D eigenvalue weighted by molar-refractivity contribution is 8.14. The molecule has 0 atom stereocenters. The Morgan fingerprint density at radius 1 is 1.00 bits per heavy atom. The van der Waals surface area contributed by atoms with Gasteiger partial charge in [0.25, 0.3) is 5.91 Å². The van der Waals surface area contributed by atoms with Gasteiger partial charge < -0.3 is 14.2 Å². The van der Waals surface area contributed by atoms with E-state index >= 15 is 0 Å². The fraction of sp³-hybridized carbons (Fsp3) is 0.238. The number of ether oxygens (including phenoxy) is 3. The van der Waals surface area contributed by atoms with Crippen LogP contribution in [0.5, 0.6) is 17.2 Å². The number of aliphatic imine (C=N–C) groups is 1. The Labute approximate surface area is 168 Å². The Morgan fingerprint density at radius 2 is 1.68 bits per heavy atom. The van der Waals surface area contributed by atoms with E-state index in [1.165, 1.54) is 11.8 Å². The molecule has 28 heavy (non-hydrogen) atoms. The van der Waals surface area contributed by atoms with Crippen LogP contribution in [0.1, 0.15) is 12.5 Å². The summed E-state index contributed by atoms with van der Waals surface area (Å²) in [6.07, 6.45) is 1.74. The van der Waals surface area contributed by atoms with Crippen LogP contribution >= 0.6 is 11.8 Å². The molecule has 1 aliphatic heterocycles. The summed E-state index contributed by atoms with van der Waals surface area (Å²) in [5, 5.41) is 0.649. The first-order chi connectivity index (χ1) is 13.6. The summed E-state index contributed by atoms with van der Waals surface area (Å²) in [4.78, 5) is 19.3. The summed E-state index contributed by atoms with van der Waals surface area (Å²) in [6.45, 7) is 2.03. The molecule has 146 valence electrons. The number of nitrogens with zero attached hydrogens (tertiary/aromatic N) is 2. The maximum atomic E-state index is 13.1. The SMILES string of the molecule is CCSC1=N/C(=C\c2ccc(OC)cc2OC)C(=O)N1c1ccc(OC)cc1. The van der Waals surface area contributed by atoms with E-state index in [0.717, 1.165) is 22.8 Å². The van der Waals surface area contributed by atoms with E-state index < -0.39 is 0 Å². The summed E-state index contributed by atoms with van der Waals surface area (Å²) in [6, 6.07) is 12.8. The van der Waals surface area contributed by atoms with Gasteiger partial charge in [0.1, 0.15) is 22.9 Å². The number of thioether (sulfide) groups is 1. The molecule has 6 nitrogen and oxygen atoms in total. The normalized spacial score (nSPS) is 15.0. The van der Waals surface area contributed by atoms with Gasteiger partial charge in [-0.15, -0.1) is 0 Å². The summed E-state index contributed by atoms with van der Waals surface area (Å²) in [5.41, 5.74) is 1.86. The van der Waals surface area contributed by atoms with Gasteiger partial charge in [0.2, 0.25) is 0 Å². The first-order valence-electron chi connectivity index (χ1n) is 8.75. The molecule has 0 fully saturated rings. The van der Waals surface area contributed by atoms with Crippen molar-refractivity contribution in [3.8, 4) is 17.2 Å². The van der Waals surface area contributed by atoms with Crippen molar-refractivity contribution in [1.82, 2.24) is 0 Å². The second kappa shape index (κ2) is 8.84. The number of rotatable bonds is 6. The zero-order chi connectivity index (χ0) is 20.1. The van der Waals surface area contributed by atoms with Crippen LogP contribution in [0, 0.1) is 0 Å². The largest absolute Gasteiger partial charge is 0.497 e. The lowest BCUT2D eigenvalue weighted by molar-refractivity contribution is -0.113. The molecule has 0 aliphatic carbocycles. The van der Waals surface area contributed by atoms with Crippen LogP contribution in [0.25, 0.3) is 6.08 Å². The second-order valence-corrected chi connectivity index (χ2v) is 7.03. The van der Waals surface area contributed by atoms with Crippen molar-refractivity contribution in [2.24, 2.45) is 4.99 Å². The van der Waals surface area contributed by atoms with E-state index in [4.69, 9.17) is 14.2 Å². The van der Waals surface area contributed by atoms with Crippen molar-refractivity contribution in [3.05, 3.63) is 53.7 Å². The van der Waals surface area contributed by atoms with E-state index in [9.17, 15) is 4.79 Å². The molecular weight excluding hydrogens is 376 g/mol. The van der Waals surface area contributed by atoms with E-state index in [1.807, 2.05) is 43.3 Å². The third kappa shape index (κ3) is 3.99. The number of methoxy groups -OCH3 is 3. The average molecular weight is 398 g/mol. The van der Waals surface area contributed by atoms with Gasteiger partial charge in [-0.05, 0) is 48.2 Å². The summed E-state index contributed by atoms with van der Waals surface area (Å²) in [5.74, 6) is 2.65. The highest BCUT2D eigenvalue weighted by Crippen LogP contribution is 2.32. The van der Waals surface area contributed by atoms with Crippen LogP contribution in [-0.2, 0) is 4.79 Å². The number of anilines is 1. The van der Waals surface area contributed by atoms with Crippen molar-refractivity contribution in [2.75, 3.05) is 32.0 Å². The van der Waals surface area contributed by atoms with Crippen LogP contribution in [0.4, 0.5) is 5.69 Å². The van der Waals surface area contributed by atoms with E-state index in [1.54, 1.807) is 38.4 Å². The first kappa shape index (κ1) is 19.8. The molecule has 2 aromatic rings. The predicted molar refractivity (Wildman–Crippen MR) is 114 cm³/mol. The van der Waals surface area contributed by atoms with E-state index in [-0.39, 0.29) is 5.91 Å². The van der Waals surface area contributed by atoms with Crippen LogP contribution in [0.2, 0.25) is 0 Å². The van der Waals surface area contributed by atoms with Crippen molar-refractivity contribution < 1.29 is 19.0 Å². The first-order valence-corrected chi connectivity index (χ1v) is 9.73. The molecule has 2 aromatic carbocycles. The van der Waals surface area contributed by atoms with E-state index in [2.05, 4.69) is 4.99 Å². The average Bonchev–Trinajstić information content (AvgIpc) is 3.03. The number of benzene rings is 2. The summed E-state index contributed by atoms with van der Waals surface area (Å²) in [7, 11) is 4.79. The zero-order valence-electron chi connectivity index (χ0n) is 16.3. The topological polar surface area (TPSA) is 60.4 Å². The molecule has 0 bridgehead atoms. The standard InChI is InChI=1S/C21H22N2O4S/c1-5-28-21-22-18(12-14-6-9-17(26-3)13-19(14)27-4)20(24)23(21)15-7-10-16(25-2)11-8-15/h6-13H,5H2,1-4H3/b18-12-. The molecule has 0 aromatic heterocycles. The lowest BCUT2D eigenvalue weighted by Gasteiger charge is -2.17. The van der Waals surface area contributed by atoms with Gasteiger partial charge >= 0.3 is 0 Å². The third-order valence-corrected chi connectivity index (χ3v) is 4.99. The number of hydrogen-bond donors (Lipinski definition) is 0. The summed E-state index contributed by atoms with van der Waals surface area (Å²) < 4.78 is 15.9. The highest BCUT2D eigenvalue weighted by Gasteiger charge is 2.31. The van der Waals surface area contributed by atoms with Gasteiger partial charge in [0, 0.05) is 11.6 Å². The Bertz CT molecular complexity index is 923. The maximum absolute atomic E-state index is 13.1. The fourth-order valence-electron chi connectivity index (χ4n) is 2.77. The molecule has 1 amide bonds. The Hall–Kier alpha value is -2.93. The molecule has 7 heteroatoms. The molecule has 3 rings (SSSR count). The Morgan fingerprint density at radius 3 is 2.29 bits per heavy atom. The van der Waals surface area contributed by atoms with Gasteiger partial charge in [-0.2, -0.15) is 0 Å². The predicted octanol–water partition coefficient (Wildman–Crippen LogP) is 4.21. The maximum Gasteiger partial charge on any atom is 0.283 e. The molecule has 0 unspecified atom stereocenters. The van der Waals surface area contributed by atoms with Crippen LogP contribution in [0.15, 0.2) is 53.2 Å². The van der Waals surface area contributed by atoms with Gasteiger partial charge in [-0.25, -0.2) is 4.99 Å². The molecule has 0 N–H and O–H groups in total. The van der Waals surface area contributed by atoms with Crippen LogP contribution in [0.3, 0.4) is 0 Å². The summed E-state index contributed by atoms with van der Waals surface area (Å²) >= 11 is 1.52. The van der Waals surface area contributed by atoms with Crippen molar-refractivity contribution >= 4 is 34.6 Å². The highest BCUT2D eigenvalue weighted by atomic mass is 32.2. The molecule has 1 aliphatic rings. The minimum Gasteiger partial charge on any atom is -0.497 e. The van der Waals surface area contributed by atoms with Crippen LogP contribution < -0.4 is 19.1 Å². The number of amidine groups is 1. The molecule has 0 saturated heterocycles. The second-order valence-electron chi connectivity index (χ2n) is 5.80. The number of hydrogen-bond acceptors (Lipinski definition) is 6. The van der Waals surface area contributed by atoms with Gasteiger partial charge in [-0.1, -0.05) is 18.7 Å². The fourth-order valence-corrected chi connectivity index (χ4v) is 3.50. The quantitative estimate of drug-likeness (QED) is 0.682. The molecule has 0 saturated carbocycles. The third-order valence-electron chi connectivity index (χ3n) is 4.17. The van der Waals surface area contributed by atoms with Crippen molar-refractivity contribution in [1.29, 1.82) is 0 Å². The van der Waals surface area contributed by atoms with Gasteiger partial charge in [-0.3, -0.25) is 9.69 Å². The minimum absolute atomic E-state index is 0.181. The Kier molecular flexibility index (Phi) is 6.26. The number of amides is 1. The monoisotopic (exact) mass is 398 g/mol. The van der Waals surface area contributed by atoms with Crippen molar-refractivity contribution in [3.63, 3.8) is 0 Å². The molecule has 0 radical (unpaired) electrons. The number of carbonyl (C=O) groups excluding carboxylic acids is 1. The zero-order valence-corrected chi connectivity index (χ0v) is 17.1. The Balaban J connectivity index is 1.98.